The van der Waals surface area contributed by atoms with E-state index >= 15 is 0 Å². The Morgan fingerprint density at radius 2 is 1.77 bits per heavy atom. The molecule has 1 fully saturated rings. The summed E-state index contributed by atoms with van der Waals surface area (Å²) in [6.45, 7) is 6.92. The summed E-state index contributed by atoms with van der Waals surface area (Å²) in [5, 5.41) is 8.97. The second-order valence-electron chi connectivity index (χ2n) is 6.47. The Morgan fingerprint density at radius 3 is 2.36 bits per heavy atom. The van der Waals surface area contributed by atoms with Crippen LogP contribution in [-0.2, 0) is 0 Å². The van der Waals surface area contributed by atoms with E-state index in [1.165, 1.54) is 12.0 Å². The lowest BCUT2D eigenvalue weighted by atomic mass is 10.0. The highest BCUT2D eigenvalue weighted by Crippen LogP contribution is 2.25. The van der Waals surface area contributed by atoms with Gasteiger partial charge < -0.3 is 14.9 Å². The van der Waals surface area contributed by atoms with Crippen molar-refractivity contribution >= 4 is 0 Å². The molecule has 0 radical (unpaired) electrons. The first-order valence-electron chi connectivity index (χ1n) is 8.47. The van der Waals surface area contributed by atoms with Crippen molar-refractivity contribution in [2.45, 2.75) is 18.9 Å². The van der Waals surface area contributed by atoms with Crippen molar-refractivity contribution in [3.8, 4) is 0 Å². The SMILES string of the molecule is CN(C)CCC(c1ccccc1)N1CCN(CCCO)CC1. The molecule has 22 heavy (non-hydrogen) atoms. The normalized spacial score (nSPS) is 18.7. The maximum absolute atomic E-state index is 8.97. The molecule has 0 aliphatic carbocycles. The molecule has 1 unspecified atom stereocenters. The number of benzene rings is 1. The molecule has 0 aromatic heterocycles. The van der Waals surface area contributed by atoms with Gasteiger partial charge in [0.15, 0.2) is 0 Å². The number of hydrogen-bond acceptors (Lipinski definition) is 4. The molecule has 0 amide bonds. The van der Waals surface area contributed by atoms with Gasteiger partial charge in [-0.3, -0.25) is 4.90 Å². The molecule has 0 saturated carbocycles. The maximum atomic E-state index is 8.97. The third kappa shape index (κ3) is 5.36. The van der Waals surface area contributed by atoms with Crippen LogP contribution in [0.5, 0.6) is 0 Å². The summed E-state index contributed by atoms with van der Waals surface area (Å²) in [5.41, 5.74) is 1.44. The van der Waals surface area contributed by atoms with Crippen LogP contribution in [0.2, 0.25) is 0 Å². The molecule has 1 aliphatic rings. The van der Waals surface area contributed by atoms with Gasteiger partial charge in [0.05, 0.1) is 0 Å². The van der Waals surface area contributed by atoms with Crippen molar-refractivity contribution in [2.75, 3.05) is 60.0 Å². The fourth-order valence-corrected chi connectivity index (χ4v) is 3.21. The minimum atomic E-state index is 0.301. The summed E-state index contributed by atoms with van der Waals surface area (Å²) < 4.78 is 0. The fraction of sp³-hybridized carbons (Fsp3) is 0.667. The predicted molar refractivity (Wildman–Crippen MR) is 92.1 cm³/mol. The highest BCUT2D eigenvalue weighted by atomic mass is 16.3. The van der Waals surface area contributed by atoms with Crippen LogP contribution in [0.15, 0.2) is 30.3 Å². The zero-order valence-electron chi connectivity index (χ0n) is 14.1. The van der Waals surface area contributed by atoms with Crippen molar-refractivity contribution in [3.63, 3.8) is 0 Å². The fourth-order valence-electron chi connectivity index (χ4n) is 3.21. The van der Waals surface area contributed by atoms with Crippen LogP contribution in [-0.4, -0.2) is 79.8 Å². The second-order valence-corrected chi connectivity index (χ2v) is 6.47. The van der Waals surface area contributed by atoms with Crippen LogP contribution in [0.25, 0.3) is 0 Å². The van der Waals surface area contributed by atoms with Crippen molar-refractivity contribution in [3.05, 3.63) is 35.9 Å². The van der Waals surface area contributed by atoms with Crippen LogP contribution < -0.4 is 0 Å². The minimum absolute atomic E-state index is 0.301. The third-order valence-corrected chi connectivity index (χ3v) is 4.51. The number of nitrogens with zero attached hydrogens (tertiary/aromatic N) is 3. The summed E-state index contributed by atoms with van der Waals surface area (Å²) in [6.07, 6.45) is 2.07. The second kappa shape index (κ2) is 9.26. The molecule has 1 aromatic carbocycles. The molecular weight excluding hydrogens is 274 g/mol. The van der Waals surface area contributed by atoms with Gasteiger partial charge in [0, 0.05) is 45.4 Å². The molecule has 1 heterocycles. The van der Waals surface area contributed by atoms with Crippen LogP contribution in [0.3, 0.4) is 0 Å². The van der Waals surface area contributed by atoms with Crippen LogP contribution in [0.4, 0.5) is 0 Å². The largest absolute Gasteiger partial charge is 0.396 e. The molecule has 2 rings (SSSR count). The first-order valence-corrected chi connectivity index (χ1v) is 8.47. The molecule has 0 bridgehead atoms. The number of hydrogen-bond donors (Lipinski definition) is 1. The van der Waals surface area contributed by atoms with Gasteiger partial charge in [-0.05, 0) is 39.0 Å². The van der Waals surface area contributed by atoms with Gasteiger partial charge in [0.1, 0.15) is 0 Å². The van der Waals surface area contributed by atoms with E-state index in [2.05, 4.69) is 59.1 Å². The Bertz CT molecular complexity index is 402. The van der Waals surface area contributed by atoms with E-state index in [0.717, 1.165) is 45.7 Å². The number of aliphatic hydroxyl groups is 1. The average Bonchev–Trinajstić information content (AvgIpc) is 2.55. The number of piperazine rings is 1. The number of aliphatic hydroxyl groups excluding tert-OH is 1. The lowest BCUT2D eigenvalue weighted by Gasteiger charge is -2.40. The van der Waals surface area contributed by atoms with Gasteiger partial charge >= 0.3 is 0 Å². The first-order chi connectivity index (χ1) is 10.7. The van der Waals surface area contributed by atoms with Crippen molar-refractivity contribution < 1.29 is 5.11 Å². The predicted octanol–water partition coefficient (Wildman–Crippen LogP) is 1.68. The smallest absolute Gasteiger partial charge is 0.0443 e. The maximum Gasteiger partial charge on any atom is 0.0443 e. The Kier molecular flexibility index (Phi) is 7.33. The molecule has 4 heteroatoms. The summed E-state index contributed by atoms with van der Waals surface area (Å²) >= 11 is 0. The van der Waals surface area contributed by atoms with E-state index in [4.69, 9.17) is 5.11 Å². The highest BCUT2D eigenvalue weighted by Gasteiger charge is 2.24. The lowest BCUT2D eigenvalue weighted by Crippen LogP contribution is -2.48. The van der Waals surface area contributed by atoms with Gasteiger partial charge in [-0.25, -0.2) is 0 Å². The summed E-state index contributed by atoms with van der Waals surface area (Å²) in [5.74, 6) is 0. The van der Waals surface area contributed by atoms with Crippen molar-refractivity contribution in [1.29, 1.82) is 0 Å². The molecule has 1 aliphatic heterocycles. The van der Waals surface area contributed by atoms with Gasteiger partial charge in [-0.2, -0.15) is 0 Å². The van der Waals surface area contributed by atoms with E-state index in [1.807, 2.05) is 0 Å². The zero-order valence-corrected chi connectivity index (χ0v) is 14.1. The van der Waals surface area contributed by atoms with E-state index in [-0.39, 0.29) is 0 Å². The van der Waals surface area contributed by atoms with Gasteiger partial charge in [-0.1, -0.05) is 30.3 Å². The molecule has 4 nitrogen and oxygen atoms in total. The zero-order chi connectivity index (χ0) is 15.8. The third-order valence-electron chi connectivity index (χ3n) is 4.51. The van der Waals surface area contributed by atoms with Crippen LogP contribution in [0, 0.1) is 0 Å². The van der Waals surface area contributed by atoms with Gasteiger partial charge in [0.25, 0.3) is 0 Å². The van der Waals surface area contributed by atoms with Crippen molar-refractivity contribution in [1.82, 2.24) is 14.7 Å². The Hall–Kier alpha value is -0.940. The molecule has 1 atom stereocenters. The standard InChI is InChI=1S/C18H31N3O/c1-19(2)11-9-18(17-7-4-3-5-8-17)21-14-12-20(13-15-21)10-6-16-22/h3-5,7-8,18,22H,6,9-16H2,1-2H3. The Balaban J connectivity index is 1.94. The monoisotopic (exact) mass is 305 g/mol. The molecule has 1 aromatic rings. The Morgan fingerprint density at radius 1 is 1.09 bits per heavy atom. The molecule has 124 valence electrons. The van der Waals surface area contributed by atoms with Crippen LogP contribution in [0.1, 0.15) is 24.4 Å². The topological polar surface area (TPSA) is 30.0 Å². The molecule has 0 spiro atoms. The average molecular weight is 305 g/mol. The quantitative estimate of drug-likeness (QED) is 0.791. The molecule has 1 saturated heterocycles. The summed E-state index contributed by atoms with van der Waals surface area (Å²) in [6, 6.07) is 11.4. The molecular formula is C18H31N3O. The highest BCUT2D eigenvalue weighted by molar-refractivity contribution is 5.19. The number of rotatable bonds is 8. The van der Waals surface area contributed by atoms with E-state index in [1.54, 1.807) is 0 Å². The van der Waals surface area contributed by atoms with E-state index in [9.17, 15) is 0 Å². The van der Waals surface area contributed by atoms with Gasteiger partial charge in [0.2, 0.25) is 0 Å². The van der Waals surface area contributed by atoms with E-state index < -0.39 is 0 Å². The van der Waals surface area contributed by atoms with Crippen molar-refractivity contribution in [2.24, 2.45) is 0 Å². The summed E-state index contributed by atoms with van der Waals surface area (Å²) in [4.78, 5) is 7.38. The van der Waals surface area contributed by atoms with E-state index in [0.29, 0.717) is 12.6 Å². The minimum Gasteiger partial charge on any atom is -0.396 e. The van der Waals surface area contributed by atoms with Gasteiger partial charge in [-0.15, -0.1) is 0 Å². The molecule has 1 N–H and O–H groups in total. The lowest BCUT2D eigenvalue weighted by molar-refractivity contribution is 0.0843. The summed E-state index contributed by atoms with van der Waals surface area (Å²) in [7, 11) is 4.30. The first kappa shape index (κ1) is 17.4. The Labute approximate surface area is 135 Å². The van der Waals surface area contributed by atoms with Crippen LogP contribution >= 0.6 is 0 Å².